The van der Waals surface area contributed by atoms with Gasteiger partial charge in [-0.2, -0.15) is 0 Å². The molecule has 0 aliphatic rings. The van der Waals surface area contributed by atoms with Crippen LogP contribution in [0, 0.1) is 11.6 Å². The highest BCUT2D eigenvalue weighted by molar-refractivity contribution is 9.11. The number of halogens is 2. The molecule has 18 heavy (non-hydrogen) atoms. The smallest absolute Gasteiger partial charge is 0.159 e. The highest BCUT2D eigenvalue weighted by atomic mass is 79.9. The second kappa shape index (κ2) is 5.59. The molecule has 2 rings (SSSR count). The van der Waals surface area contributed by atoms with Crippen molar-refractivity contribution in [3.63, 3.8) is 0 Å². The second-order valence-corrected chi connectivity index (χ2v) is 5.99. The molecule has 0 bridgehead atoms. The van der Waals surface area contributed by atoms with E-state index in [2.05, 4.69) is 53.7 Å². The summed E-state index contributed by atoms with van der Waals surface area (Å²) in [6, 6.07) is 1.94. The molecule has 0 fully saturated rings. The molecule has 0 amide bonds. The van der Waals surface area contributed by atoms with Crippen LogP contribution in [-0.4, -0.2) is 15.0 Å². The summed E-state index contributed by atoms with van der Waals surface area (Å²) in [5.41, 5.74) is 2.89. The van der Waals surface area contributed by atoms with Crippen LogP contribution in [0.25, 0.3) is 11.5 Å². The Morgan fingerprint density at radius 3 is 2.72 bits per heavy atom. The first-order valence-electron chi connectivity index (χ1n) is 5.44. The summed E-state index contributed by atoms with van der Waals surface area (Å²) >= 11 is 12.1. The van der Waals surface area contributed by atoms with Gasteiger partial charge in [0.25, 0.3) is 0 Å². The Kier molecular flexibility index (Phi) is 4.29. The van der Waals surface area contributed by atoms with Crippen LogP contribution in [0.5, 0.6) is 0 Å². The van der Waals surface area contributed by atoms with Crippen molar-refractivity contribution >= 4 is 44.1 Å². The number of H-pyrrole nitrogens is 1. The Morgan fingerprint density at radius 2 is 2.11 bits per heavy atom. The van der Waals surface area contributed by atoms with E-state index in [1.807, 2.05) is 13.0 Å². The van der Waals surface area contributed by atoms with E-state index in [4.69, 9.17) is 12.2 Å². The molecule has 94 valence electrons. The van der Waals surface area contributed by atoms with Gasteiger partial charge in [-0.3, -0.25) is 4.98 Å². The lowest BCUT2D eigenvalue weighted by atomic mass is 10.2. The van der Waals surface area contributed by atoms with Gasteiger partial charge in [-0.1, -0.05) is 19.1 Å². The van der Waals surface area contributed by atoms with Crippen molar-refractivity contribution in [3.05, 3.63) is 37.1 Å². The molecule has 0 saturated carbocycles. The Balaban J connectivity index is 2.64. The maximum atomic E-state index is 5.28. The summed E-state index contributed by atoms with van der Waals surface area (Å²) in [6.45, 7) is 4.07. The number of aryl methyl sites for hydroxylation is 1. The third kappa shape index (κ3) is 2.70. The normalized spacial score (nSPS) is 10.7. The molecule has 0 atom stereocenters. The number of aromatic nitrogens is 3. The molecule has 2 aromatic heterocycles. The largest absolute Gasteiger partial charge is 0.342 e. The van der Waals surface area contributed by atoms with Crippen molar-refractivity contribution in [1.29, 1.82) is 0 Å². The SMILES string of the molecule is CCc1[nH]c(-c2ncc(Br)cc2Br)nc(=S)c1C. The molecule has 0 aromatic carbocycles. The average Bonchev–Trinajstić information content (AvgIpc) is 2.32. The number of hydrogen-bond acceptors (Lipinski definition) is 3. The Labute approximate surface area is 127 Å². The zero-order valence-corrected chi connectivity index (χ0v) is 13.9. The minimum atomic E-state index is 0.622. The molecule has 0 aliphatic heterocycles. The van der Waals surface area contributed by atoms with Crippen LogP contribution < -0.4 is 0 Å². The third-order valence-corrected chi connectivity index (χ3v) is 4.08. The van der Waals surface area contributed by atoms with Crippen molar-refractivity contribution in [2.75, 3.05) is 0 Å². The molecule has 3 nitrogen and oxygen atoms in total. The van der Waals surface area contributed by atoms with Crippen LogP contribution in [0.1, 0.15) is 18.2 Å². The first-order chi connectivity index (χ1) is 8.52. The fourth-order valence-electron chi connectivity index (χ4n) is 1.63. The molecule has 0 spiro atoms. The maximum Gasteiger partial charge on any atom is 0.159 e. The van der Waals surface area contributed by atoms with Gasteiger partial charge in [0.05, 0.1) is 0 Å². The zero-order valence-electron chi connectivity index (χ0n) is 9.92. The molecule has 2 aromatic rings. The first-order valence-corrected chi connectivity index (χ1v) is 7.43. The first kappa shape index (κ1) is 13.8. The fraction of sp³-hybridized carbons (Fsp3) is 0.250. The molecule has 2 heterocycles. The summed E-state index contributed by atoms with van der Waals surface area (Å²) in [5, 5.41) is 0. The van der Waals surface area contributed by atoms with Gasteiger partial charge in [-0.25, -0.2) is 4.98 Å². The van der Waals surface area contributed by atoms with Gasteiger partial charge in [0.15, 0.2) is 5.82 Å². The van der Waals surface area contributed by atoms with Gasteiger partial charge >= 0.3 is 0 Å². The van der Waals surface area contributed by atoms with Crippen LogP contribution in [0.2, 0.25) is 0 Å². The van der Waals surface area contributed by atoms with E-state index >= 15 is 0 Å². The predicted octanol–water partition coefficient (Wildman–Crippen LogP) is 4.60. The van der Waals surface area contributed by atoms with E-state index < -0.39 is 0 Å². The molecule has 0 aliphatic carbocycles. The van der Waals surface area contributed by atoms with Gasteiger partial charge in [0.1, 0.15) is 10.3 Å². The number of pyridine rings is 1. The number of hydrogen-bond donors (Lipinski definition) is 1. The molecule has 0 saturated heterocycles. The molecular weight excluding hydrogens is 378 g/mol. The van der Waals surface area contributed by atoms with Gasteiger partial charge in [0, 0.05) is 26.4 Å². The molecule has 6 heteroatoms. The lowest BCUT2D eigenvalue weighted by Gasteiger charge is -2.08. The van der Waals surface area contributed by atoms with E-state index in [1.54, 1.807) is 6.20 Å². The summed E-state index contributed by atoms with van der Waals surface area (Å²) in [4.78, 5) is 12.0. The minimum Gasteiger partial charge on any atom is -0.342 e. The van der Waals surface area contributed by atoms with Crippen molar-refractivity contribution in [1.82, 2.24) is 15.0 Å². The van der Waals surface area contributed by atoms with E-state index in [-0.39, 0.29) is 0 Å². The molecule has 0 unspecified atom stereocenters. The Bertz CT molecular complexity index is 652. The minimum absolute atomic E-state index is 0.622. The average molecular weight is 389 g/mol. The number of nitrogens with zero attached hydrogens (tertiary/aromatic N) is 2. The van der Waals surface area contributed by atoms with Crippen LogP contribution >= 0.6 is 44.1 Å². The van der Waals surface area contributed by atoms with E-state index in [1.165, 1.54) is 0 Å². The van der Waals surface area contributed by atoms with Crippen LogP contribution in [0.15, 0.2) is 21.2 Å². The van der Waals surface area contributed by atoms with Crippen LogP contribution in [0.4, 0.5) is 0 Å². The topological polar surface area (TPSA) is 41.6 Å². The summed E-state index contributed by atoms with van der Waals surface area (Å²) in [6.07, 6.45) is 2.63. The monoisotopic (exact) mass is 387 g/mol. The van der Waals surface area contributed by atoms with Crippen LogP contribution in [0.3, 0.4) is 0 Å². The van der Waals surface area contributed by atoms with E-state index in [0.717, 1.165) is 32.3 Å². The van der Waals surface area contributed by atoms with Crippen LogP contribution in [-0.2, 0) is 6.42 Å². The van der Waals surface area contributed by atoms with Gasteiger partial charge in [-0.15, -0.1) is 0 Å². The van der Waals surface area contributed by atoms with Crippen molar-refractivity contribution in [2.24, 2.45) is 0 Å². The molecule has 0 radical (unpaired) electrons. The lowest BCUT2D eigenvalue weighted by Crippen LogP contribution is -2.01. The fourth-order valence-corrected chi connectivity index (χ4v) is 3.02. The van der Waals surface area contributed by atoms with Crippen molar-refractivity contribution in [2.45, 2.75) is 20.3 Å². The summed E-state index contributed by atoms with van der Waals surface area (Å²) < 4.78 is 2.41. The maximum absolute atomic E-state index is 5.28. The molecular formula is C12H11Br2N3S. The second-order valence-electron chi connectivity index (χ2n) is 3.83. The van der Waals surface area contributed by atoms with Gasteiger partial charge in [-0.05, 0) is 51.3 Å². The predicted molar refractivity (Wildman–Crippen MR) is 82.2 cm³/mol. The Hall–Kier alpha value is -0.590. The zero-order chi connectivity index (χ0) is 13.3. The summed E-state index contributed by atoms with van der Waals surface area (Å²) in [7, 11) is 0. The van der Waals surface area contributed by atoms with E-state index in [9.17, 15) is 0 Å². The quantitative estimate of drug-likeness (QED) is 0.764. The number of nitrogens with one attached hydrogen (secondary N) is 1. The standard InChI is InChI=1S/C12H11Br2N3S/c1-3-9-6(2)12(18)17-11(16-9)10-8(14)4-7(13)5-15-10/h4-5H,3H2,1-2H3,(H,16,17,18). The molecule has 1 N–H and O–H groups in total. The Morgan fingerprint density at radius 1 is 1.39 bits per heavy atom. The number of rotatable bonds is 2. The highest BCUT2D eigenvalue weighted by Crippen LogP contribution is 2.26. The van der Waals surface area contributed by atoms with Crippen molar-refractivity contribution in [3.8, 4) is 11.5 Å². The highest BCUT2D eigenvalue weighted by Gasteiger charge is 2.10. The van der Waals surface area contributed by atoms with Gasteiger partial charge in [0.2, 0.25) is 0 Å². The summed E-state index contributed by atoms with van der Waals surface area (Å²) in [5.74, 6) is 0.696. The van der Waals surface area contributed by atoms with E-state index in [0.29, 0.717) is 10.5 Å². The van der Waals surface area contributed by atoms with Gasteiger partial charge < -0.3 is 4.98 Å². The lowest BCUT2D eigenvalue weighted by molar-refractivity contribution is 0.962. The van der Waals surface area contributed by atoms with Crippen molar-refractivity contribution < 1.29 is 0 Å². The third-order valence-electron chi connectivity index (χ3n) is 2.64. The number of aromatic amines is 1.